The lowest BCUT2D eigenvalue weighted by Crippen LogP contribution is -2.23. The quantitative estimate of drug-likeness (QED) is 0.819. The Hall–Kier alpha value is -1.09. The van der Waals surface area contributed by atoms with Crippen molar-refractivity contribution in [1.82, 2.24) is 5.32 Å². The second-order valence-corrected chi connectivity index (χ2v) is 4.79. The molecule has 0 saturated carbocycles. The number of para-hydroxylation sites is 1. The molecular formula is C14H23FN2. The summed E-state index contributed by atoms with van der Waals surface area (Å²) in [5.74, 6) is 0.467. The van der Waals surface area contributed by atoms with Crippen LogP contribution in [0, 0.1) is 11.7 Å². The van der Waals surface area contributed by atoms with Crippen molar-refractivity contribution in [1.29, 1.82) is 0 Å². The first kappa shape index (κ1) is 14.0. The molecule has 1 rings (SSSR count). The zero-order valence-corrected chi connectivity index (χ0v) is 11.3. The van der Waals surface area contributed by atoms with Gasteiger partial charge in [-0.3, -0.25) is 0 Å². The van der Waals surface area contributed by atoms with E-state index in [0.717, 1.165) is 25.2 Å². The molecule has 0 atom stereocenters. The molecular weight excluding hydrogens is 215 g/mol. The molecule has 0 aliphatic rings. The van der Waals surface area contributed by atoms with Crippen molar-refractivity contribution < 1.29 is 4.39 Å². The Labute approximate surface area is 104 Å². The molecule has 3 heteroatoms. The summed E-state index contributed by atoms with van der Waals surface area (Å²) in [5, 5.41) is 3.35. The van der Waals surface area contributed by atoms with Crippen LogP contribution in [0.4, 0.5) is 10.1 Å². The molecule has 0 fully saturated rings. The fraction of sp³-hybridized carbons (Fsp3) is 0.571. The Balaban J connectivity index is 2.80. The lowest BCUT2D eigenvalue weighted by atomic mass is 10.1. The van der Waals surface area contributed by atoms with Crippen molar-refractivity contribution in [3.63, 3.8) is 0 Å². The standard InChI is InChI=1S/C14H23FN2/c1-5-17(4)14-12(7-6-8-13(14)15)10-16-9-11(2)3/h6-8,11,16H,5,9-10H2,1-4H3. The van der Waals surface area contributed by atoms with E-state index < -0.39 is 0 Å². The van der Waals surface area contributed by atoms with Gasteiger partial charge in [0.05, 0.1) is 5.69 Å². The zero-order chi connectivity index (χ0) is 12.8. The van der Waals surface area contributed by atoms with Gasteiger partial charge in [-0.15, -0.1) is 0 Å². The van der Waals surface area contributed by atoms with E-state index >= 15 is 0 Å². The molecule has 1 aromatic carbocycles. The molecule has 0 radical (unpaired) electrons. The second kappa shape index (κ2) is 6.60. The number of nitrogens with one attached hydrogen (secondary N) is 1. The molecule has 1 aromatic rings. The number of hydrogen-bond acceptors (Lipinski definition) is 2. The summed E-state index contributed by atoms with van der Waals surface area (Å²) in [5.41, 5.74) is 1.74. The van der Waals surface area contributed by atoms with Gasteiger partial charge < -0.3 is 10.2 Å². The second-order valence-electron chi connectivity index (χ2n) is 4.79. The van der Waals surface area contributed by atoms with Crippen LogP contribution >= 0.6 is 0 Å². The van der Waals surface area contributed by atoms with Crippen LogP contribution < -0.4 is 10.2 Å². The van der Waals surface area contributed by atoms with Crippen molar-refractivity contribution >= 4 is 5.69 Å². The number of rotatable bonds is 6. The minimum Gasteiger partial charge on any atom is -0.372 e. The highest BCUT2D eigenvalue weighted by Gasteiger charge is 2.11. The Kier molecular flexibility index (Phi) is 5.42. The van der Waals surface area contributed by atoms with Gasteiger partial charge in [-0.05, 0) is 31.0 Å². The highest BCUT2D eigenvalue weighted by atomic mass is 19.1. The third-order valence-electron chi connectivity index (χ3n) is 2.79. The van der Waals surface area contributed by atoms with E-state index in [1.165, 1.54) is 6.07 Å². The van der Waals surface area contributed by atoms with Gasteiger partial charge in [0, 0.05) is 20.1 Å². The van der Waals surface area contributed by atoms with Crippen LogP contribution in [0.25, 0.3) is 0 Å². The third-order valence-corrected chi connectivity index (χ3v) is 2.79. The summed E-state index contributed by atoms with van der Waals surface area (Å²) in [4.78, 5) is 1.95. The minimum absolute atomic E-state index is 0.141. The molecule has 0 heterocycles. The molecule has 0 aliphatic heterocycles. The van der Waals surface area contributed by atoms with Crippen LogP contribution in [0.2, 0.25) is 0 Å². The lowest BCUT2D eigenvalue weighted by Gasteiger charge is -2.21. The van der Waals surface area contributed by atoms with E-state index in [4.69, 9.17) is 0 Å². The normalized spacial score (nSPS) is 10.9. The molecule has 17 heavy (non-hydrogen) atoms. The van der Waals surface area contributed by atoms with Crippen molar-refractivity contribution in [3.05, 3.63) is 29.6 Å². The van der Waals surface area contributed by atoms with Gasteiger partial charge in [-0.2, -0.15) is 0 Å². The van der Waals surface area contributed by atoms with Crippen molar-refractivity contribution in [2.24, 2.45) is 5.92 Å². The van der Waals surface area contributed by atoms with Gasteiger partial charge in [0.25, 0.3) is 0 Å². The van der Waals surface area contributed by atoms with Gasteiger partial charge in [0.2, 0.25) is 0 Å². The van der Waals surface area contributed by atoms with E-state index in [0.29, 0.717) is 11.6 Å². The maximum Gasteiger partial charge on any atom is 0.146 e. The van der Waals surface area contributed by atoms with Gasteiger partial charge in [0.1, 0.15) is 5.82 Å². The maximum absolute atomic E-state index is 13.8. The average molecular weight is 238 g/mol. The monoisotopic (exact) mass is 238 g/mol. The summed E-state index contributed by atoms with van der Waals surface area (Å²) in [6.07, 6.45) is 0. The summed E-state index contributed by atoms with van der Waals surface area (Å²) in [7, 11) is 1.92. The molecule has 0 aliphatic carbocycles. The van der Waals surface area contributed by atoms with Crippen molar-refractivity contribution in [2.45, 2.75) is 27.3 Å². The zero-order valence-electron chi connectivity index (χ0n) is 11.3. The van der Waals surface area contributed by atoms with Crippen molar-refractivity contribution in [3.8, 4) is 0 Å². The first-order valence-electron chi connectivity index (χ1n) is 6.25. The van der Waals surface area contributed by atoms with Crippen LogP contribution in [0.5, 0.6) is 0 Å². The smallest absolute Gasteiger partial charge is 0.146 e. The third kappa shape index (κ3) is 4.00. The highest BCUT2D eigenvalue weighted by molar-refractivity contribution is 5.54. The number of anilines is 1. The number of benzene rings is 1. The summed E-state index contributed by atoms with van der Waals surface area (Å²) < 4.78 is 13.8. The topological polar surface area (TPSA) is 15.3 Å². The molecule has 0 aromatic heterocycles. The molecule has 0 unspecified atom stereocenters. The largest absolute Gasteiger partial charge is 0.372 e. The summed E-state index contributed by atoms with van der Waals surface area (Å²) in [6.45, 7) is 8.83. The van der Waals surface area contributed by atoms with Gasteiger partial charge >= 0.3 is 0 Å². The van der Waals surface area contributed by atoms with E-state index in [1.54, 1.807) is 6.07 Å². The van der Waals surface area contributed by atoms with E-state index in [9.17, 15) is 4.39 Å². The fourth-order valence-corrected chi connectivity index (χ4v) is 1.78. The highest BCUT2D eigenvalue weighted by Crippen LogP contribution is 2.23. The average Bonchev–Trinajstić information content (AvgIpc) is 2.28. The van der Waals surface area contributed by atoms with Crippen LogP contribution in [0.1, 0.15) is 26.3 Å². The van der Waals surface area contributed by atoms with E-state index in [2.05, 4.69) is 19.2 Å². The van der Waals surface area contributed by atoms with Crippen LogP contribution in [0.15, 0.2) is 18.2 Å². The Bertz CT molecular complexity index is 350. The molecule has 0 saturated heterocycles. The van der Waals surface area contributed by atoms with Crippen molar-refractivity contribution in [2.75, 3.05) is 25.0 Å². The van der Waals surface area contributed by atoms with Gasteiger partial charge in [0.15, 0.2) is 0 Å². The Morgan fingerprint density at radius 3 is 2.65 bits per heavy atom. The Morgan fingerprint density at radius 1 is 1.35 bits per heavy atom. The van der Waals surface area contributed by atoms with Gasteiger partial charge in [-0.1, -0.05) is 26.0 Å². The molecule has 0 spiro atoms. The first-order valence-corrected chi connectivity index (χ1v) is 6.25. The van der Waals surface area contributed by atoms with Crippen LogP contribution in [0.3, 0.4) is 0 Å². The van der Waals surface area contributed by atoms with E-state index in [1.807, 2.05) is 24.9 Å². The number of halogens is 1. The number of nitrogens with zero attached hydrogens (tertiary/aromatic N) is 1. The molecule has 2 nitrogen and oxygen atoms in total. The lowest BCUT2D eigenvalue weighted by molar-refractivity contribution is 0.549. The minimum atomic E-state index is -0.141. The van der Waals surface area contributed by atoms with E-state index in [-0.39, 0.29) is 5.82 Å². The molecule has 0 amide bonds. The molecule has 96 valence electrons. The molecule has 1 N–H and O–H groups in total. The predicted octanol–water partition coefficient (Wildman–Crippen LogP) is 3.03. The van der Waals surface area contributed by atoms with Crippen LogP contribution in [-0.4, -0.2) is 20.1 Å². The first-order chi connectivity index (χ1) is 8.06. The fourth-order valence-electron chi connectivity index (χ4n) is 1.78. The molecule has 0 bridgehead atoms. The summed E-state index contributed by atoms with van der Waals surface area (Å²) in [6, 6.07) is 5.28. The SMILES string of the molecule is CCN(C)c1c(F)cccc1CNCC(C)C. The maximum atomic E-state index is 13.8. The predicted molar refractivity (Wildman–Crippen MR) is 71.9 cm³/mol. The van der Waals surface area contributed by atoms with Crippen LogP contribution in [-0.2, 0) is 6.54 Å². The Morgan fingerprint density at radius 2 is 2.06 bits per heavy atom. The summed E-state index contributed by atoms with van der Waals surface area (Å²) >= 11 is 0. The van der Waals surface area contributed by atoms with Gasteiger partial charge in [-0.25, -0.2) is 4.39 Å². The number of hydrogen-bond donors (Lipinski definition) is 1.